The Morgan fingerprint density at radius 2 is 1.94 bits per heavy atom. The molecule has 0 heterocycles. The molecule has 2 nitrogen and oxygen atoms in total. The molecule has 1 atom stereocenters. The summed E-state index contributed by atoms with van der Waals surface area (Å²) in [5.74, 6) is 0. The van der Waals surface area contributed by atoms with Crippen molar-refractivity contribution in [2.45, 2.75) is 25.8 Å². The number of likely N-dealkylation sites (N-methyl/N-ethyl adjacent to an activating group) is 2. The molecule has 1 rings (SSSR count). The molecule has 1 aromatic carbocycles. The van der Waals surface area contributed by atoms with Crippen LogP contribution in [0.15, 0.2) is 30.3 Å². The lowest BCUT2D eigenvalue weighted by Crippen LogP contribution is -2.34. The largest absolute Gasteiger partial charge is 0.318 e. The van der Waals surface area contributed by atoms with Crippen LogP contribution in [0, 0.1) is 0 Å². The van der Waals surface area contributed by atoms with Gasteiger partial charge in [0, 0.05) is 19.1 Å². The average Bonchev–Trinajstić information content (AvgIpc) is 2.34. The van der Waals surface area contributed by atoms with Crippen molar-refractivity contribution >= 4 is 0 Å². The van der Waals surface area contributed by atoms with Crippen LogP contribution in [-0.4, -0.2) is 38.1 Å². The molecular weight excluding hydrogens is 196 g/mol. The van der Waals surface area contributed by atoms with Crippen LogP contribution in [0.4, 0.5) is 0 Å². The van der Waals surface area contributed by atoms with Crippen LogP contribution in [0.25, 0.3) is 0 Å². The first-order chi connectivity index (χ1) is 7.74. The van der Waals surface area contributed by atoms with Gasteiger partial charge in [-0.05, 0) is 39.4 Å². The summed E-state index contributed by atoms with van der Waals surface area (Å²) in [4.78, 5) is 2.42. The lowest BCUT2D eigenvalue weighted by atomic mass is 10.1. The van der Waals surface area contributed by atoms with Crippen molar-refractivity contribution in [3.63, 3.8) is 0 Å². The average molecular weight is 220 g/mol. The van der Waals surface area contributed by atoms with Crippen molar-refractivity contribution in [1.29, 1.82) is 0 Å². The quantitative estimate of drug-likeness (QED) is 0.757. The van der Waals surface area contributed by atoms with Crippen LogP contribution < -0.4 is 5.32 Å². The minimum atomic E-state index is 0.647. The molecule has 2 heteroatoms. The fourth-order valence-electron chi connectivity index (χ4n) is 1.75. The van der Waals surface area contributed by atoms with Crippen molar-refractivity contribution in [1.82, 2.24) is 10.2 Å². The maximum atomic E-state index is 3.19. The minimum absolute atomic E-state index is 0.647. The Kier molecular flexibility index (Phi) is 6.12. The van der Waals surface area contributed by atoms with E-state index in [-0.39, 0.29) is 0 Å². The van der Waals surface area contributed by atoms with Gasteiger partial charge in [-0.25, -0.2) is 0 Å². The predicted octanol–water partition coefficient (Wildman–Crippen LogP) is 2.16. The van der Waals surface area contributed by atoms with E-state index in [9.17, 15) is 0 Å². The van der Waals surface area contributed by atoms with E-state index in [1.165, 1.54) is 18.4 Å². The summed E-state index contributed by atoms with van der Waals surface area (Å²) in [6.07, 6.45) is 2.40. The summed E-state index contributed by atoms with van der Waals surface area (Å²) in [6.45, 7) is 4.48. The second-order valence-corrected chi connectivity index (χ2v) is 4.46. The Labute approximate surface area is 99.7 Å². The summed E-state index contributed by atoms with van der Waals surface area (Å²) >= 11 is 0. The Hall–Kier alpha value is -0.860. The monoisotopic (exact) mass is 220 g/mol. The van der Waals surface area contributed by atoms with Crippen LogP contribution in [0.5, 0.6) is 0 Å². The van der Waals surface area contributed by atoms with Crippen molar-refractivity contribution in [2.24, 2.45) is 0 Å². The zero-order valence-electron chi connectivity index (χ0n) is 10.7. The van der Waals surface area contributed by atoms with Crippen LogP contribution in [0.2, 0.25) is 0 Å². The molecule has 0 aromatic heterocycles. The maximum Gasteiger partial charge on any atom is 0.0106 e. The third-order valence-corrected chi connectivity index (χ3v) is 3.16. The Balaban J connectivity index is 2.26. The van der Waals surface area contributed by atoms with E-state index in [0.29, 0.717) is 6.04 Å². The van der Waals surface area contributed by atoms with E-state index < -0.39 is 0 Å². The molecule has 0 radical (unpaired) electrons. The zero-order valence-corrected chi connectivity index (χ0v) is 10.7. The van der Waals surface area contributed by atoms with Crippen molar-refractivity contribution in [2.75, 3.05) is 27.2 Å². The smallest absolute Gasteiger partial charge is 0.0106 e. The fraction of sp³-hybridized carbons (Fsp3) is 0.571. The molecule has 0 amide bonds. The van der Waals surface area contributed by atoms with E-state index in [1.807, 2.05) is 7.05 Å². The van der Waals surface area contributed by atoms with Gasteiger partial charge < -0.3 is 10.2 Å². The number of hydrogen-bond acceptors (Lipinski definition) is 2. The van der Waals surface area contributed by atoms with Gasteiger partial charge in [0.05, 0.1) is 0 Å². The summed E-state index contributed by atoms with van der Waals surface area (Å²) in [6, 6.07) is 11.4. The number of aryl methyl sites for hydroxylation is 1. The van der Waals surface area contributed by atoms with Gasteiger partial charge in [-0.3, -0.25) is 0 Å². The van der Waals surface area contributed by atoms with Gasteiger partial charge in [0.2, 0.25) is 0 Å². The highest BCUT2D eigenvalue weighted by Crippen LogP contribution is 2.08. The topological polar surface area (TPSA) is 15.3 Å². The molecule has 0 fully saturated rings. The van der Waals surface area contributed by atoms with Crippen LogP contribution in [-0.2, 0) is 6.42 Å². The molecule has 1 N–H and O–H groups in total. The Morgan fingerprint density at radius 1 is 1.25 bits per heavy atom. The van der Waals surface area contributed by atoms with E-state index in [2.05, 4.69) is 54.5 Å². The normalized spacial score (nSPS) is 13.0. The van der Waals surface area contributed by atoms with Gasteiger partial charge in [0.25, 0.3) is 0 Å². The zero-order chi connectivity index (χ0) is 11.8. The fourth-order valence-corrected chi connectivity index (χ4v) is 1.75. The molecule has 0 spiro atoms. The van der Waals surface area contributed by atoms with E-state index in [0.717, 1.165) is 13.1 Å². The van der Waals surface area contributed by atoms with Crippen molar-refractivity contribution in [3.8, 4) is 0 Å². The first-order valence-corrected chi connectivity index (χ1v) is 6.13. The first-order valence-electron chi connectivity index (χ1n) is 6.13. The molecule has 0 aliphatic carbocycles. The third-order valence-electron chi connectivity index (χ3n) is 3.16. The van der Waals surface area contributed by atoms with Gasteiger partial charge in [0.15, 0.2) is 0 Å². The lowest BCUT2D eigenvalue weighted by Gasteiger charge is -2.24. The van der Waals surface area contributed by atoms with Crippen LogP contribution >= 0.6 is 0 Å². The first kappa shape index (κ1) is 13.2. The molecule has 1 aromatic rings. The molecule has 90 valence electrons. The molecule has 0 saturated heterocycles. The maximum absolute atomic E-state index is 3.19. The summed E-state index contributed by atoms with van der Waals surface area (Å²) in [5, 5.41) is 3.19. The Morgan fingerprint density at radius 3 is 2.56 bits per heavy atom. The lowest BCUT2D eigenvalue weighted by molar-refractivity contribution is 0.248. The highest BCUT2D eigenvalue weighted by Gasteiger charge is 2.08. The van der Waals surface area contributed by atoms with Gasteiger partial charge in [-0.1, -0.05) is 30.3 Å². The molecule has 0 bridgehead atoms. The SMILES string of the molecule is CNCCN(C)C(C)CCc1ccccc1. The Bertz CT molecular complexity index is 271. The van der Waals surface area contributed by atoms with E-state index in [4.69, 9.17) is 0 Å². The second kappa shape index (κ2) is 7.42. The van der Waals surface area contributed by atoms with Crippen LogP contribution in [0.1, 0.15) is 18.9 Å². The second-order valence-electron chi connectivity index (χ2n) is 4.46. The van der Waals surface area contributed by atoms with Gasteiger partial charge >= 0.3 is 0 Å². The highest BCUT2D eigenvalue weighted by molar-refractivity contribution is 5.14. The van der Waals surface area contributed by atoms with E-state index in [1.54, 1.807) is 0 Å². The van der Waals surface area contributed by atoms with Gasteiger partial charge in [-0.15, -0.1) is 0 Å². The summed E-state index contributed by atoms with van der Waals surface area (Å²) < 4.78 is 0. The van der Waals surface area contributed by atoms with Crippen LogP contribution in [0.3, 0.4) is 0 Å². The molecule has 1 unspecified atom stereocenters. The number of rotatable bonds is 7. The highest BCUT2D eigenvalue weighted by atomic mass is 15.1. The molecule has 16 heavy (non-hydrogen) atoms. The number of hydrogen-bond donors (Lipinski definition) is 1. The van der Waals surface area contributed by atoms with E-state index >= 15 is 0 Å². The van der Waals surface area contributed by atoms with Gasteiger partial charge in [-0.2, -0.15) is 0 Å². The number of benzene rings is 1. The predicted molar refractivity (Wildman–Crippen MR) is 70.8 cm³/mol. The van der Waals surface area contributed by atoms with Gasteiger partial charge in [0.1, 0.15) is 0 Å². The number of nitrogens with one attached hydrogen (secondary N) is 1. The molecule has 0 saturated carbocycles. The van der Waals surface area contributed by atoms with Crippen molar-refractivity contribution < 1.29 is 0 Å². The molecule has 0 aliphatic rings. The minimum Gasteiger partial charge on any atom is -0.318 e. The summed E-state index contributed by atoms with van der Waals surface area (Å²) in [7, 11) is 4.20. The third kappa shape index (κ3) is 4.77. The number of nitrogens with zero attached hydrogens (tertiary/aromatic N) is 1. The standard InChI is InChI=1S/C14H24N2/c1-13(16(3)12-11-15-2)9-10-14-7-5-4-6-8-14/h4-8,13,15H,9-12H2,1-3H3. The molecule has 0 aliphatic heterocycles. The van der Waals surface area contributed by atoms with Crippen molar-refractivity contribution in [3.05, 3.63) is 35.9 Å². The summed E-state index contributed by atoms with van der Waals surface area (Å²) in [5.41, 5.74) is 1.44. The molecular formula is C14H24N2.